The summed E-state index contributed by atoms with van der Waals surface area (Å²) in [5.74, 6) is 2.47. The summed E-state index contributed by atoms with van der Waals surface area (Å²) < 4.78 is 9.97. The summed E-state index contributed by atoms with van der Waals surface area (Å²) in [6.45, 7) is 6.26. The van der Waals surface area contributed by atoms with Gasteiger partial charge in [0.1, 0.15) is 12.1 Å². The van der Waals surface area contributed by atoms with Gasteiger partial charge >= 0.3 is 0 Å². The van der Waals surface area contributed by atoms with Crippen LogP contribution in [-0.2, 0) is 13.0 Å². The largest absolute Gasteiger partial charge is 0.443 e. The van der Waals surface area contributed by atoms with Gasteiger partial charge in [-0.25, -0.2) is 9.97 Å². The first-order chi connectivity index (χ1) is 13.8. The van der Waals surface area contributed by atoms with E-state index in [2.05, 4.69) is 41.4 Å². The number of oxazole rings is 1. The molecule has 4 heterocycles. The number of aryl methyl sites for hydroxylation is 1. The average molecular weight is 545 g/mol. The van der Waals surface area contributed by atoms with Crippen molar-refractivity contribution in [1.82, 2.24) is 24.6 Å². The predicted molar refractivity (Wildman–Crippen MR) is 129 cm³/mol. The zero-order valence-corrected chi connectivity index (χ0v) is 20.3. The van der Waals surface area contributed by atoms with E-state index in [1.807, 2.05) is 24.6 Å². The van der Waals surface area contributed by atoms with Gasteiger partial charge in [0.25, 0.3) is 0 Å². The first-order valence-corrected chi connectivity index (χ1v) is 10.9. The lowest BCUT2D eigenvalue weighted by Crippen LogP contribution is -2.52. The molecule has 3 aromatic heterocycles. The Morgan fingerprint density at radius 2 is 2.10 bits per heavy atom. The van der Waals surface area contributed by atoms with Crippen LogP contribution >= 0.6 is 46.8 Å². The van der Waals surface area contributed by atoms with Gasteiger partial charge in [0.2, 0.25) is 11.0 Å². The number of anilines is 1. The van der Waals surface area contributed by atoms with Crippen LogP contribution in [0.5, 0.6) is 0 Å². The molecule has 0 aliphatic carbocycles. The van der Waals surface area contributed by atoms with Crippen LogP contribution in [0.25, 0.3) is 10.8 Å². The minimum atomic E-state index is 0. The zero-order valence-electron chi connectivity index (χ0n) is 16.4. The molecule has 0 spiro atoms. The molecule has 0 aromatic carbocycles. The monoisotopic (exact) mass is 545 g/mol. The Hall–Kier alpha value is -1.73. The van der Waals surface area contributed by atoms with Gasteiger partial charge in [-0.3, -0.25) is 4.99 Å². The summed E-state index contributed by atoms with van der Waals surface area (Å²) in [5, 5.41) is 6.43. The van der Waals surface area contributed by atoms with Crippen molar-refractivity contribution in [2.75, 3.05) is 38.1 Å². The Morgan fingerprint density at radius 3 is 2.76 bits per heavy atom. The second kappa shape index (κ2) is 10.3. The first-order valence-electron chi connectivity index (χ1n) is 9.28. The van der Waals surface area contributed by atoms with Crippen molar-refractivity contribution in [2.24, 2.45) is 4.99 Å². The molecule has 4 rings (SSSR count). The van der Waals surface area contributed by atoms with Gasteiger partial charge in [0.15, 0.2) is 5.96 Å². The molecule has 1 fully saturated rings. The van der Waals surface area contributed by atoms with Crippen LogP contribution < -0.4 is 10.2 Å². The standard InChI is InChI=1S/C18H23N7OS2.HI/c1-3-15-22-18(28-23-15)25-8-6-24(7-9-25)17(19-2)20-11-13-12-26-16(21-13)14-5-4-10-27-14;/h4-5,10,12H,3,6-9,11H2,1-2H3,(H,19,20);1H. The smallest absolute Gasteiger partial charge is 0.236 e. The third-order valence-electron chi connectivity index (χ3n) is 4.55. The fraction of sp³-hybridized carbons (Fsp3) is 0.444. The minimum absolute atomic E-state index is 0. The summed E-state index contributed by atoms with van der Waals surface area (Å²) in [6.07, 6.45) is 2.58. The lowest BCUT2D eigenvalue weighted by molar-refractivity contribution is 0.372. The van der Waals surface area contributed by atoms with Crippen LogP contribution in [-0.4, -0.2) is 58.4 Å². The maximum atomic E-state index is 5.58. The summed E-state index contributed by atoms with van der Waals surface area (Å²) in [4.78, 5) is 19.2. The van der Waals surface area contributed by atoms with E-state index in [0.717, 1.165) is 60.1 Å². The number of guanidine groups is 1. The van der Waals surface area contributed by atoms with Gasteiger partial charge < -0.3 is 19.5 Å². The Balaban J connectivity index is 0.00000240. The van der Waals surface area contributed by atoms with E-state index < -0.39 is 0 Å². The molecular formula is C18H24IN7OS2. The van der Waals surface area contributed by atoms with Gasteiger partial charge in [-0.05, 0) is 11.4 Å². The molecule has 0 radical (unpaired) electrons. The van der Waals surface area contributed by atoms with E-state index in [0.29, 0.717) is 12.4 Å². The lowest BCUT2D eigenvalue weighted by Gasteiger charge is -2.36. The number of nitrogens with zero attached hydrogens (tertiary/aromatic N) is 6. The van der Waals surface area contributed by atoms with Crippen molar-refractivity contribution in [1.29, 1.82) is 0 Å². The van der Waals surface area contributed by atoms with E-state index in [9.17, 15) is 0 Å². The van der Waals surface area contributed by atoms with Crippen molar-refractivity contribution in [3.05, 3.63) is 35.3 Å². The van der Waals surface area contributed by atoms with Crippen molar-refractivity contribution < 1.29 is 4.42 Å². The number of thiophene rings is 1. The molecule has 0 amide bonds. The molecule has 1 aliphatic heterocycles. The van der Waals surface area contributed by atoms with Gasteiger partial charge in [-0.1, -0.05) is 13.0 Å². The van der Waals surface area contributed by atoms with Gasteiger partial charge in [0, 0.05) is 51.2 Å². The van der Waals surface area contributed by atoms with Crippen LogP contribution in [0.3, 0.4) is 0 Å². The summed E-state index contributed by atoms with van der Waals surface area (Å²) in [6, 6.07) is 4.00. The van der Waals surface area contributed by atoms with Crippen molar-refractivity contribution in [3.8, 4) is 10.8 Å². The second-order valence-corrected chi connectivity index (χ2v) is 8.02. The highest BCUT2D eigenvalue weighted by Gasteiger charge is 2.22. The van der Waals surface area contributed by atoms with Gasteiger partial charge in [0.05, 0.1) is 17.1 Å². The first kappa shape index (κ1) is 22.0. The SMILES string of the molecule is CCc1nsc(N2CCN(C(=NC)NCc3coc(-c4cccs4)n3)CC2)n1.I. The minimum Gasteiger partial charge on any atom is -0.443 e. The Morgan fingerprint density at radius 1 is 1.28 bits per heavy atom. The van der Waals surface area contributed by atoms with E-state index in [1.165, 1.54) is 11.5 Å². The summed E-state index contributed by atoms with van der Waals surface area (Å²) >= 11 is 3.11. The molecule has 0 bridgehead atoms. The molecule has 1 aliphatic rings. The van der Waals surface area contributed by atoms with Crippen molar-refractivity contribution >= 4 is 57.9 Å². The highest BCUT2D eigenvalue weighted by Crippen LogP contribution is 2.23. The number of aromatic nitrogens is 3. The molecule has 0 atom stereocenters. The maximum Gasteiger partial charge on any atom is 0.236 e. The van der Waals surface area contributed by atoms with E-state index >= 15 is 0 Å². The van der Waals surface area contributed by atoms with E-state index in [4.69, 9.17) is 4.42 Å². The normalized spacial score (nSPS) is 14.8. The highest BCUT2D eigenvalue weighted by atomic mass is 127. The molecule has 11 heteroatoms. The fourth-order valence-corrected chi connectivity index (χ4v) is 4.49. The molecule has 1 saturated heterocycles. The molecule has 29 heavy (non-hydrogen) atoms. The second-order valence-electron chi connectivity index (χ2n) is 6.34. The lowest BCUT2D eigenvalue weighted by atomic mass is 10.3. The third-order valence-corrected chi connectivity index (χ3v) is 6.22. The molecule has 1 N–H and O–H groups in total. The molecular weight excluding hydrogens is 521 g/mol. The van der Waals surface area contributed by atoms with Crippen LogP contribution in [0.2, 0.25) is 0 Å². The van der Waals surface area contributed by atoms with Gasteiger partial charge in [-0.15, -0.1) is 35.3 Å². The number of nitrogens with one attached hydrogen (secondary N) is 1. The van der Waals surface area contributed by atoms with Crippen molar-refractivity contribution in [2.45, 2.75) is 19.9 Å². The number of hydrogen-bond acceptors (Lipinski definition) is 8. The number of hydrogen-bond donors (Lipinski definition) is 1. The zero-order chi connectivity index (χ0) is 19.3. The van der Waals surface area contributed by atoms with E-state index in [1.54, 1.807) is 17.6 Å². The quantitative estimate of drug-likeness (QED) is 0.299. The molecule has 8 nitrogen and oxygen atoms in total. The number of aliphatic imine (C=N–C) groups is 1. The average Bonchev–Trinajstić information content (AvgIpc) is 3.49. The highest BCUT2D eigenvalue weighted by molar-refractivity contribution is 14.0. The van der Waals surface area contributed by atoms with Crippen LogP contribution in [0, 0.1) is 0 Å². The van der Waals surface area contributed by atoms with Crippen LogP contribution in [0.4, 0.5) is 5.13 Å². The maximum absolute atomic E-state index is 5.58. The topological polar surface area (TPSA) is 82.7 Å². The number of piperazine rings is 1. The van der Waals surface area contributed by atoms with Gasteiger partial charge in [-0.2, -0.15) is 4.37 Å². The van der Waals surface area contributed by atoms with Crippen molar-refractivity contribution in [3.63, 3.8) is 0 Å². The molecule has 0 unspecified atom stereocenters. The van der Waals surface area contributed by atoms with E-state index in [-0.39, 0.29) is 24.0 Å². The van der Waals surface area contributed by atoms with Crippen LogP contribution in [0.15, 0.2) is 33.2 Å². The van der Waals surface area contributed by atoms with Crippen LogP contribution in [0.1, 0.15) is 18.4 Å². The molecule has 0 saturated carbocycles. The number of rotatable bonds is 5. The number of halogens is 1. The Labute approximate surface area is 195 Å². The molecule has 156 valence electrons. The fourth-order valence-electron chi connectivity index (χ4n) is 3.03. The summed E-state index contributed by atoms with van der Waals surface area (Å²) in [5.41, 5.74) is 0.865. The Bertz CT molecular complexity index is 916. The predicted octanol–water partition coefficient (Wildman–Crippen LogP) is 3.33. The summed E-state index contributed by atoms with van der Waals surface area (Å²) in [7, 11) is 1.81. The Kier molecular flexibility index (Phi) is 7.84. The third kappa shape index (κ3) is 5.25. The molecule has 3 aromatic rings.